The summed E-state index contributed by atoms with van der Waals surface area (Å²) in [6.45, 7) is 5.67. The van der Waals surface area contributed by atoms with E-state index in [2.05, 4.69) is 0 Å². The van der Waals surface area contributed by atoms with Gasteiger partial charge < -0.3 is 9.47 Å². The van der Waals surface area contributed by atoms with Crippen molar-refractivity contribution in [2.45, 2.75) is 46.1 Å². The summed E-state index contributed by atoms with van der Waals surface area (Å²) in [6.07, 6.45) is 1.94. The maximum Gasteiger partial charge on any atom is 0.317 e. The Labute approximate surface area is 118 Å². The van der Waals surface area contributed by atoms with E-state index in [9.17, 15) is 14.4 Å². The van der Waals surface area contributed by atoms with Gasteiger partial charge in [-0.1, -0.05) is 6.92 Å². The van der Waals surface area contributed by atoms with Crippen molar-refractivity contribution < 1.29 is 23.9 Å². The Hall–Kier alpha value is -1.39. The molecule has 5 heteroatoms. The van der Waals surface area contributed by atoms with Gasteiger partial charge in [-0.3, -0.25) is 14.4 Å². The lowest BCUT2D eigenvalue weighted by Gasteiger charge is -2.30. The van der Waals surface area contributed by atoms with Crippen LogP contribution in [0.15, 0.2) is 0 Å². The van der Waals surface area contributed by atoms with Gasteiger partial charge in [0.05, 0.1) is 17.3 Å². The standard InChI is InChI=1S/C15H20O5/c1-4-15(2,3)14(18)19-9-6-7-5-8(9)11-10(7)12(16)20-13(11)17/h7-11H,4-6H2,1-3H3. The lowest BCUT2D eigenvalue weighted by molar-refractivity contribution is -0.165. The van der Waals surface area contributed by atoms with Crippen LogP contribution in [0, 0.1) is 29.1 Å². The Kier molecular flexibility index (Phi) is 2.92. The zero-order valence-electron chi connectivity index (χ0n) is 12.0. The topological polar surface area (TPSA) is 69.7 Å². The zero-order chi connectivity index (χ0) is 14.7. The van der Waals surface area contributed by atoms with Crippen molar-refractivity contribution in [2.24, 2.45) is 29.1 Å². The van der Waals surface area contributed by atoms with Crippen molar-refractivity contribution in [1.29, 1.82) is 0 Å². The van der Waals surface area contributed by atoms with E-state index in [0.29, 0.717) is 12.8 Å². The van der Waals surface area contributed by atoms with Crippen LogP contribution in [-0.4, -0.2) is 24.0 Å². The maximum absolute atomic E-state index is 12.2. The fraction of sp³-hybridized carbons (Fsp3) is 0.800. The third kappa shape index (κ3) is 1.79. The first-order chi connectivity index (χ1) is 9.35. The van der Waals surface area contributed by atoms with Crippen LogP contribution in [0.25, 0.3) is 0 Å². The van der Waals surface area contributed by atoms with Crippen molar-refractivity contribution >= 4 is 17.9 Å². The van der Waals surface area contributed by atoms with Crippen LogP contribution in [0.5, 0.6) is 0 Å². The molecule has 1 aliphatic heterocycles. The first-order valence-electron chi connectivity index (χ1n) is 7.31. The fourth-order valence-corrected chi connectivity index (χ4v) is 3.77. The molecule has 0 aromatic carbocycles. The van der Waals surface area contributed by atoms with Gasteiger partial charge in [0.25, 0.3) is 0 Å². The van der Waals surface area contributed by atoms with Crippen LogP contribution < -0.4 is 0 Å². The van der Waals surface area contributed by atoms with Gasteiger partial charge in [0.2, 0.25) is 0 Å². The first-order valence-corrected chi connectivity index (χ1v) is 7.31. The van der Waals surface area contributed by atoms with Gasteiger partial charge in [-0.15, -0.1) is 0 Å². The summed E-state index contributed by atoms with van der Waals surface area (Å²) in [5, 5.41) is 0. The highest BCUT2D eigenvalue weighted by molar-refractivity contribution is 5.97. The minimum Gasteiger partial charge on any atom is -0.462 e. The van der Waals surface area contributed by atoms with Crippen LogP contribution in [-0.2, 0) is 23.9 Å². The quantitative estimate of drug-likeness (QED) is 0.581. The molecule has 3 fully saturated rings. The van der Waals surface area contributed by atoms with Crippen molar-refractivity contribution in [3.8, 4) is 0 Å². The molecule has 5 unspecified atom stereocenters. The van der Waals surface area contributed by atoms with E-state index in [1.54, 1.807) is 0 Å². The molecule has 0 amide bonds. The zero-order valence-corrected chi connectivity index (χ0v) is 12.0. The minimum absolute atomic E-state index is 0.0412. The predicted molar refractivity (Wildman–Crippen MR) is 68.2 cm³/mol. The molecule has 110 valence electrons. The summed E-state index contributed by atoms with van der Waals surface area (Å²) in [7, 11) is 0. The molecule has 3 rings (SSSR count). The van der Waals surface area contributed by atoms with Crippen molar-refractivity contribution in [3.05, 3.63) is 0 Å². The number of hydrogen-bond donors (Lipinski definition) is 0. The van der Waals surface area contributed by atoms with Gasteiger partial charge in [0.1, 0.15) is 6.10 Å². The van der Waals surface area contributed by atoms with E-state index in [-0.39, 0.29) is 41.7 Å². The Morgan fingerprint density at radius 3 is 2.55 bits per heavy atom. The van der Waals surface area contributed by atoms with E-state index in [4.69, 9.17) is 9.47 Å². The largest absolute Gasteiger partial charge is 0.462 e. The molecular weight excluding hydrogens is 260 g/mol. The number of carbonyl (C=O) groups excluding carboxylic acids is 3. The number of carbonyl (C=O) groups is 3. The van der Waals surface area contributed by atoms with E-state index in [0.717, 1.165) is 6.42 Å². The lowest BCUT2D eigenvalue weighted by atomic mass is 9.79. The molecule has 0 aromatic rings. The van der Waals surface area contributed by atoms with Crippen molar-refractivity contribution in [1.82, 2.24) is 0 Å². The van der Waals surface area contributed by atoms with Crippen LogP contribution >= 0.6 is 0 Å². The number of hydrogen-bond acceptors (Lipinski definition) is 5. The van der Waals surface area contributed by atoms with Gasteiger partial charge in [0, 0.05) is 5.92 Å². The number of fused-ring (bicyclic) bond motifs is 5. The summed E-state index contributed by atoms with van der Waals surface area (Å²) in [5.41, 5.74) is -0.507. The predicted octanol–water partition coefficient (Wildman–Crippen LogP) is 1.69. The monoisotopic (exact) mass is 280 g/mol. The van der Waals surface area contributed by atoms with Crippen molar-refractivity contribution in [3.63, 3.8) is 0 Å². The molecule has 2 saturated carbocycles. The second-order valence-corrected chi connectivity index (χ2v) is 6.87. The molecule has 2 bridgehead atoms. The van der Waals surface area contributed by atoms with Crippen LogP contribution in [0.1, 0.15) is 40.0 Å². The van der Waals surface area contributed by atoms with Gasteiger partial charge in [-0.05, 0) is 39.0 Å². The smallest absolute Gasteiger partial charge is 0.317 e. The summed E-state index contributed by atoms with van der Waals surface area (Å²) < 4.78 is 10.4. The number of esters is 3. The maximum atomic E-state index is 12.2. The van der Waals surface area contributed by atoms with E-state index < -0.39 is 11.4 Å². The Morgan fingerprint density at radius 2 is 1.90 bits per heavy atom. The van der Waals surface area contributed by atoms with Crippen molar-refractivity contribution in [2.75, 3.05) is 0 Å². The lowest BCUT2D eigenvalue weighted by Crippen LogP contribution is -2.38. The molecular formula is C15H20O5. The first kappa shape index (κ1) is 13.6. The molecule has 20 heavy (non-hydrogen) atoms. The van der Waals surface area contributed by atoms with E-state index in [1.807, 2.05) is 20.8 Å². The molecule has 0 radical (unpaired) electrons. The summed E-state index contributed by atoms with van der Waals surface area (Å²) in [4.78, 5) is 35.6. The van der Waals surface area contributed by atoms with Gasteiger partial charge in [0.15, 0.2) is 0 Å². The molecule has 1 heterocycles. The van der Waals surface area contributed by atoms with Gasteiger partial charge in [-0.2, -0.15) is 0 Å². The Bertz CT molecular complexity index is 481. The molecule has 2 aliphatic carbocycles. The average Bonchev–Trinajstić information content (AvgIpc) is 3.02. The summed E-state index contributed by atoms with van der Waals surface area (Å²) in [5.74, 6) is -1.61. The molecule has 3 aliphatic rings. The highest BCUT2D eigenvalue weighted by Crippen LogP contribution is 2.56. The number of rotatable bonds is 3. The Morgan fingerprint density at radius 1 is 1.25 bits per heavy atom. The van der Waals surface area contributed by atoms with E-state index in [1.165, 1.54) is 0 Å². The molecule has 5 atom stereocenters. The minimum atomic E-state index is -0.507. The average molecular weight is 280 g/mol. The molecule has 0 N–H and O–H groups in total. The van der Waals surface area contributed by atoms with Crippen LogP contribution in [0.3, 0.4) is 0 Å². The third-order valence-corrected chi connectivity index (χ3v) is 5.38. The second kappa shape index (κ2) is 4.30. The van der Waals surface area contributed by atoms with Gasteiger partial charge >= 0.3 is 17.9 Å². The summed E-state index contributed by atoms with van der Waals surface area (Å²) in [6, 6.07) is 0. The molecule has 5 nitrogen and oxygen atoms in total. The Balaban J connectivity index is 1.73. The molecule has 0 spiro atoms. The highest BCUT2D eigenvalue weighted by Gasteiger charge is 2.64. The fourth-order valence-electron chi connectivity index (χ4n) is 3.77. The third-order valence-electron chi connectivity index (χ3n) is 5.38. The van der Waals surface area contributed by atoms with Crippen LogP contribution in [0.2, 0.25) is 0 Å². The van der Waals surface area contributed by atoms with Crippen LogP contribution in [0.4, 0.5) is 0 Å². The van der Waals surface area contributed by atoms with Gasteiger partial charge in [-0.25, -0.2) is 0 Å². The SMILES string of the molecule is CCC(C)(C)C(=O)OC1CC2CC1C1C(=O)OC(=O)C21. The van der Waals surface area contributed by atoms with E-state index >= 15 is 0 Å². The second-order valence-electron chi connectivity index (χ2n) is 6.87. The molecule has 0 aromatic heterocycles. The molecule has 1 saturated heterocycles. The summed E-state index contributed by atoms with van der Waals surface area (Å²) >= 11 is 0. The number of ether oxygens (including phenoxy) is 2. The number of cyclic esters (lactones) is 2. The highest BCUT2D eigenvalue weighted by atomic mass is 16.6. The normalized spacial score (nSPS) is 38.9.